The van der Waals surface area contributed by atoms with Crippen molar-refractivity contribution >= 4 is 12.0 Å². The van der Waals surface area contributed by atoms with Gasteiger partial charge in [-0.2, -0.15) is 9.97 Å². The SMILES string of the molecule is COc1nc(OC)nc(N2CCCC(NC(=O)OC(C)(C)C)CC2)n1. The molecule has 1 fully saturated rings. The standard InChI is InChI=1S/C16H27N5O4/c1-16(2,3)25-15(22)17-11-7-6-9-21(10-8-11)12-18-13(23-4)20-14(19-12)24-5/h11H,6-10H2,1-5H3,(H,17,22). The van der Waals surface area contributed by atoms with Gasteiger partial charge in [-0.25, -0.2) is 4.79 Å². The Morgan fingerprint density at radius 3 is 2.28 bits per heavy atom. The summed E-state index contributed by atoms with van der Waals surface area (Å²) in [4.78, 5) is 26.6. The third-order valence-electron chi connectivity index (χ3n) is 3.68. The van der Waals surface area contributed by atoms with Crippen LogP contribution < -0.4 is 19.7 Å². The van der Waals surface area contributed by atoms with Crippen molar-refractivity contribution in [2.75, 3.05) is 32.2 Å². The highest BCUT2D eigenvalue weighted by Gasteiger charge is 2.23. The maximum atomic E-state index is 11.9. The van der Waals surface area contributed by atoms with Crippen LogP contribution >= 0.6 is 0 Å². The van der Waals surface area contributed by atoms with Gasteiger partial charge in [0, 0.05) is 19.1 Å². The Bertz CT molecular complexity index is 568. The summed E-state index contributed by atoms with van der Waals surface area (Å²) in [5.74, 6) is 0.515. The number of nitrogens with one attached hydrogen (secondary N) is 1. The average Bonchev–Trinajstić information content (AvgIpc) is 2.78. The number of methoxy groups -OCH3 is 2. The predicted molar refractivity (Wildman–Crippen MR) is 92.2 cm³/mol. The topological polar surface area (TPSA) is 98.7 Å². The van der Waals surface area contributed by atoms with Gasteiger partial charge in [-0.05, 0) is 40.0 Å². The molecule has 1 amide bonds. The number of carbonyl (C=O) groups excluding carboxylic acids is 1. The number of carbonyl (C=O) groups is 1. The van der Waals surface area contributed by atoms with E-state index in [-0.39, 0.29) is 24.2 Å². The first-order valence-corrected chi connectivity index (χ1v) is 8.39. The first-order valence-electron chi connectivity index (χ1n) is 8.39. The molecule has 2 rings (SSSR count). The van der Waals surface area contributed by atoms with E-state index in [1.807, 2.05) is 25.7 Å². The molecule has 1 saturated heterocycles. The number of aromatic nitrogens is 3. The Morgan fingerprint density at radius 1 is 1.08 bits per heavy atom. The first kappa shape index (κ1) is 19.0. The Balaban J connectivity index is 1.98. The van der Waals surface area contributed by atoms with E-state index >= 15 is 0 Å². The van der Waals surface area contributed by atoms with Gasteiger partial charge in [-0.15, -0.1) is 4.98 Å². The van der Waals surface area contributed by atoms with Gasteiger partial charge < -0.3 is 24.4 Å². The summed E-state index contributed by atoms with van der Waals surface area (Å²) in [7, 11) is 3.00. The Hall–Kier alpha value is -2.32. The van der Waals surface area contributed by atoms with Gasteiger partial charge in [-0.1, -0.05) is 0 Å². The fourth-order valence-corrected chi connectivity index (χ4v) is 2.57. The number of amides is 1. The Morgan fingerprint density at radius 2 is 1.72 bits per heavy atom. The smallest absolute Gasteiger partial charge is 0.407 e. The molecule has 0 aliphatic carbocycles. The molecule has 1 atom stereocenters. The van der Waals surface area contributed by atoms with Crippen molar-refractivity contribution < 1.29 is 19.0 Å². The zero-order valence-corrected chi connectivity index (χ0v) is 15.5. The van der Waals surface area contributed by atoms with Crippen LogP contribution in [0, 0.1) is 0 Å². The molecule has 1 aliphatic rings. The normalized spacial score (nSPS) is 18.3. The molecule has 0 aromatic carbocycles. The van der Waals surface area contributed by atoms with Crippen LogP contribution in [-0.2, 0) is 4.74 Å². The van der Waals surface area contributed by atoms with Crippen molar-refractivity contribution in [2.45, 2.75) is 51.7 Å². The third-order valence-corrected chi connectivity index (χ3v) is 3.68. The van der Waals surface area contributed by atoms with E-state index in [0.717, 1.165) is 25.8 Å². The monoisotopic (exact) mass is 353 g/mol. The maximum Gasteiger partial charge on any atom is 0.407 e. The van der Waals surface area contributed by atoms with Gasteiger partial charge in [0.25, 0.3) is 0 Å². The fraction of sp³-hybridized carbons (Fsp3) is 0.750. The lowest BCUT2D eigenvalue weighted by Crippen LogP contribution is -2.39. The Kier molecular flexibility index (Phi) is 6.22. The lowest BCUT2D eigenvalue weighted by Gasteiger charge is -2.23. The largest absolute Gasteiger partial charge is 0.467 e. The van der Waals surface area contributed by atoms with E-state index in [1.165, 1.54) is 14.2 Å². The van der Waals surface area contributed by atoms with E-state index in [4.69, 9.17) is 14.2 Å². The van der Waals surface area contributed by atoms with Gasteiger partial charge in [-0.3, -0.25) is 0 Å². The molecule has 1 unspecified atom stereocenters. The molecule has 1 aromatic heterocycles. The summed E-state index contributed by atoms with van der Waals surface area (Å²) in [6, 6.07) is 0.495. The van der Waals surface area contributed by atoms with Crippen LogP contribution in [0.3, 0.4) is 0 Å². The van der Waals surface area contributed by atoms with Crippen molar-refractivity contribution in [3.63, 3.8) is 0 Å². The number of hydrogen-bond acceptors (Lipinski definition) is 8. The van der Waals surface area contributed by atoms with E-state index in [1.54, 1.807) is 0 Å². The lowest BCUT2D eigenvalue weighted by molar-refractivity contribution is 0.0501. The zero-order valence-electron chi connectivity index (χ0n) is 15.5. The van der Waals surface area contributed by atoms with Crippen LogP contribution in [-0.4, -0.2) is 60.0 Å². The third kappa shape index (κ3) is 5.91. The molecular weight excluding hydrogens is 326 g/mol. The summed E-state index contributed by atoms with van der Waals surface area (Å²) >= 11 is 0. The van der Waals surface area contributed by atoms with Crippen LogP contribution in [0.1, 0.15) is 40.0 Å². The summed E-state index contributed by atoms with van der Waals surface area (Å²) in [6.45, 7) is 7.04. The molecule has 0 radical (unpaired) electrons. The highest BCUT2D eigenvalue weighted by atomic mass is 16.6. The number of rotatable bonds is 4. The van der Waals surface area contributed by atoms with Crippen LogP contribution in [0.4, 0.5) is 10.7 Å². The summed E-state index contributed by atoms with van der Waals surface area (Å²) in [5.41, 5.74) is -0.501. The second-order valence-electron chi connectivity index (χ2n) is 6.87. The average molecular weight is 353 g/mol. The zero-order chi connectivity index (χ0) is 18.4. The van der Waals surface area contributed by atoms with Gasteiger partial charge in [0.2, 0.25) is 5.95 Å². The molecule has 0 bridgehead atoms. The highest BCUT2D eigenvalue weighted by Crippen LogP contribution is 2.20. The van der Waals surface area contributed by atoms with Crippen molar-refractivity contribution in [1.82, 2.24) is 20.3 Å². The molecule has 1 aliphatic heterocycles. The minimum atomic E-state index is -0.501. The lowest BCUT2D eigenvalue weighted by atomic mass is 10.1. The minimum Gasteiger partial charge on any atom is -0.467 e. The molecule has 9 heteroatoms. The molecule has 1 N–H and O–H groups in total. The number of hydrogen-bond donors (Lipinski definition) is 1. The van der Waals surface area contributed by atoms with Crippen molar-refractivity contribution in [3.05, 3.63) is 0 Å². The molecule has 1 aromatic rings. The van der Waals surface area contributed by atoms with Crippen LogP contribution in [0.25, 0.3) is 0 Å². The molecule has 0 spiro atoms. The van der Waals surface area contributed by atoms with Gasteiger partial charge in [0.15, 0.2) is 0 Å². The van der Waals surface area contributed by atoms with Crippen molar-refractivity contribution in [2.24, 2.45) is 0 Å². The van der Waals surface area contributed by atoms with Crippen molar-refractivity contribution in [3.8, 4) is 12.0 Å². The van der Waals surface area contributed by atoms with Crippen LogP contribution in [0.5, 0.6) is 12.0 Å². The fourth-order valence-electron chi connectivity index (χ4n) is 2.57. The summed E-state index contributed by atoms with van der Waals surface area (Å²) < 4.78 is 15.5. The number of ether oxygens (including phenoxy) is 3. The number of alkyl carbamates (subject to hydrolysis) is 1. The predicted octanol–water partition coefficient (Wildman–Crippen LogP) is 1.77. The minimum absolute atomic E-state index is 0.0606. The van der Waals surface area contributed by atoms with E-state index in [9.17, 15) is 4.79 Å². The molecule has 9 nitrogen and oxygen atoms in total. The number of nitrogens with zero attached hydrogens (tertiary/aromatic N) is 4. The molecular formula is C16H27N5O4. The summed E-state index contributed by atoms with van der Waals surface area (Å²) in [5, 5.41) is 2.94. The first-order chi connectivity index (χ1) is 11.8. The second-order valence-corrected chi connectivity index (χ2v) is 6.87. The number of anilines is 1. The van der Waals surface area contributed by atoms with Gasteiger partial charge in [0.05, 0.1) is 14.2 Å². The van der Waals surface area contributed by atoms with E-state index < -0.39 is 5.60 Å². The molecule has 2 heterocycles. The molecule has 25 heavy (non-hydrogen) atoms. The maximum absolute atomic E-state index is 11.9. The second kappa shape index (κ2) is 8.17. The highest BCUT2D eigenvalue weighted by molar-refractivity contribution is 5.68. The van der Waals surface area contributed by atoms with Crippen molar-refractivity contribution in [1.29, 1.82) is 0 Å². The van der Waals surface area contributed by atoms with Gasteiger partial charge >= 0.3 is 18.1 Å². The van der Waals surface area contributed by atoms with Crippen LogP contribution in [0.15, 0.2) is 0 Å². The Labute approximate surface area is 148 Å². The van der Waals surface area contributed by atoms with Crippen LogP contribution in [0.2, 0.25) is 0 Å². The summed E-state index contributed by atoms with van der Waals surface area (Å²) in [6.07, 6.45) is 2.16. The van der Waals surface area contributed by atoms with Gasteiger partial charge in [0.1, 0.15) is 5.60 Å². The van der Waals surface area contributed by atoms with E-state index in [2.05, 4.69) is 20.3 Å². The molecule has 140 valence electrons. The quantitative estimate of drug-likeness (QED) is 0.874. The van der Waals surface area contributed by atoms with E-state index in [0.29, 0.717) is 12.5 Å². The molecule has 0 saturated carbocycles.